The lowest BCUT2D eigenvalue weighted by Crippen LogP contribution is -2.05. The van der Waals surface area contributed by atoms with E-state index in [4.69, 9.17) is 11.6 Å². The quantitative estimate of drug-likeness (QED) is 0.856. The van der Waals surface area contributed by atoms with Gasteiger partial charge in [0.1, 0.15) is 11.6 Å². The molecular formula is C14H10BrClF2O. The fourth-order valence-electron chi connectivity index (χ4n) is 1.80. The summed E-state index contributed by atoms with van der Waals surface area (Å²) in [6.07, 6.45) is -0.952. The van der Waals surface area contributed by atoms with Gasteiger partial charge in [-0.3, -0.25) is 0 Å². The van der Waals surface area contributed by atoms with E-state index in [9.17, 15) is 13.9 Å². The molecule has 0 fully saturated rings. The second kappa shape index (κ2) is 5.99. The Kier molecular flexibility index (Phi) is 4.55. The van der Waals surface area contributed by atoms with Crippen molar-refractivity contribution < 1.29 is 13.9 Å². The largest absolute Gasteiger partial charge is 0.388 e. The van der Waals surface area contributed by atoms with Gasteiger partial charge < -0.3 is 5.11 Å². The van der Waals surface area contributed by atoms with Crippen LogP contribution in [0.3, 0.4) is 0 Å². The fraction of sp³-hybridized carbons (Fsp3) is 0.143. The van der Waals surface area contributed by atoms with E-state index in [1.165, 1.54) is 18.2 Å². The molecule has 0 amide bonds. The van der Waals surface area contributed by atoms with Gasteiger partial charge in [0.15, 0.2) is 0 Å². The second-order valence-electron chi connectivity index (χ2n) is 4.10. The molecule has 1 N–H and O–H groups in total. The molecule has 19 heavy (non-hydrogen) atoms. The van der Waals surface area contributed by atoms with Gasteiger partial charge in [0.05, 0.1) is 10.6 Å². The van der Waals surface area contributed by atoms with Crippen molar-refractivity contribution in [2.24, 2.45) is 0 Å². The SMILES string of the molecule is OC(Cc1cccc(F)c1Br)c1ccc(Cl)cc1F. The van der Waals surface area contributed by atoms with Gasteiger partial charge in [0.2, 0.25) is 0 Å². The van der Waals surface area contributed by atoms with Crippen molar-refractivity contribution in [3.8, 4) is 0 Å². The van der Waals surface area contributed by atoms with Crippen LogP contribution in [0.15, 0.2) is 40.9 Å². The number of benzene rings is 2. The lowest BCUT2D eigenvalue weighted by Gasteiger charge is -2.13. The summed E-state index contributed by atoms with van der Waals surface area (Å²) in [7, 11) is 0. The zero-order valence-electron chi connectivity index (χ0n) is 9.71. The maximum atomic E-state index is 13.7. The van der Waals surface area contributed by atoms with Crippen LogP contribution in [0.25, 0.3) is 0 Å². The summed E-state index contributed by atoms with van der Waals surface area (Å²) in [6.45, 7) is 0. The molecule has 2 aromatic rings. The number of aliphatic hydroxyl groups excluding tert-OH is 1. The molecular weight excluding hydrogens is 338 g/mol. The number of hydrogen-bond donors (Lipinski definition) is 1. The molecule has 0 aliphatic rings. The van der Waals surface area contributed by atoms with Gasteiger partial charge in [0, 0.05) is 17.0 Å². The van der Waals surface area contributed by atoms with Gasteiger partial charge in [-0.15, -0.1) is 0 Å². The van der Waals surface area contributed by atoms with Crippen LogP contribution in [-0.2, 0) is 6.42 Å². The van der Waals surface area contributed by atoms with Gasteiger partial charge >= 0.3 is 0 Å². The summed E-state index contributed by atoms with van der Waals surface area (Å²) in [4.78, 5) is 0. The fourth-order valence-corrected chi connectivity index (χ4v) is 2.38. The predicted octanol–water partition coefficient (Wildman–Crippen LogP) is 4.66. The van der Waals surface area contributed by atoms with Crippen molar-refractivity contribution in [3.05, 3.63) is 68.7 Å². The van der Waals surface area contributed by atoms with Crippen LogP contribution in [0.2, 0.25) is 5.02 Å². The standard InChI is InChI=1S/C14H10BrClF2O/c15-14-8(2-1-3-11(14)17)6-13(19)10-5-4-9(16)7-12(10)18/h1-5,7,13,19H,6H2. The summed E-state index contributed by atoms with van der Waals surface area (Å²) < 4.78 is 27.3. The molecule has 0 heterocycles. The average molecular weight is 348 g/mol. The van der Waals surface area contributed by atoms with Crippen molar-refractivity contribution >= 4 is 27.5 Å². The average Bonchev–Trinajstić information content (AvgIpc) is 2.34. The number of hydrogen-bond acceptors (Lipinski definition) is 1. The van der Waals surface area contributed by atoms with E-state index in [0.717, 1.165) is 6.07 Å². The van der Waals surface area contributed by atoms with Gasteiger partial charge in [-0.1, -0.05) is 29.8 Å². The zero-order valence-corrected chi connectivity index (χ0v) is 12.0. The molecule has 100 valence electrons. The van der Waals surface area contributed by atoms with Crippen LogP contribution in [0, 0.1) is 11.6 Å². The molecule has 0 aliphatic carbocycles. The molecule has 0 radical (unpaired) electrons. The molecule has 2 aromatic carbocycles. The maximum absolute atomic E-state index is 13.7. The number of rotatable bonds is 3. The third-order valence-corrected chi connectivity index (χ3v) is 3.89. The minimum Gasteiger partial charge on any atom is -0.388 e. The van der Waals surface area contributed by atoms with E-state index in [1.807, 2.05) is 0 Å². The van der Waals surface area contributed by atoms with Crippen LogP contribution in [0.5, 0.6) is 0 Å². The molecule has 2 rings (SSSR count). The minimum atomic E-state index is -1.06. The summed E-state index contributed by atoms with van der Waals surface area (Å²) in [5.41, 5.74) is 0.711. The molecule has 0 spiro atoms. The molecule has 0 saturated heterocycles. The zero-order chi connectivity index (χ0) is 14.0. The van der Waals surface area contributed by atoms with Crippen molar-refractivity contribution in [1.29, 1.82) is 0 Å². The molecule has 0 bridgehead atoms. The van der Waals surface area contributed by atoms with Gasteiger partial charge in [-0.25, -0.2) is 8.78 Å². The highest BCUT2D eigenvalue weighted by molar-refractivity contribution is 9.10. The number of aliphatic hydroxyl groups is 1. The predicted molar refractivity (Wildman–Crippen MR) is 74.2 cm³/mol. The highest BCUT2D eigenvalue weighted by atomic mass is 79.9. The smallest absolute Gasteiger partial charge is 0.137 e. The molecule has 0 saturated carbocycles. The molecule has 1 unspecified atom stereocenters. The first kappa shape index (κ1) is 14.4. The molecule has 1 nitrogen and oxygen atoms in total. The first-order valence-electron chi connectivity index (χ1n) is 5.55. The lowest BCUT2D eigenvalue weighted by atomic mass is 10.0. The number of halogens is 4. The molecule has 0 aromatic heterocycles. The van der Waals surface area contributed by atoms with Gasteiger partial charge in [-0.2, -0.15) is 0 Å². The Bertz CT molecular complexity index is 604. The Morgan fingerprint density at radius 2 is 1.89 bits per heavy atom. The van der Waals surface area contributed by atoms with E-state index in [-0.39, 0.29) is 21.5 Å². The van der Waals surface area contributed by atoms with Crippen LogP contribution in [0.4, 0.5) is 8.78 Å². The van der Waals surface area contributed by atoms with Crippen molar-refractivity contribution in [2.75, 3.05) is 0 Å². The Labute approximate surface area is 123 Å². The lowest BCUT2D eigenvalue weighted by molar-refractivity contribution is 0.173. The van der Waals surface area contributed by atoms with Crippen molar-refractivity contribution in [1.82, 2.24) is 0 Å². The van der Waals surface area contributed by atoms with E-state index >= 15 is 0 Å². The third-order valence-electron chi connectivity index (χ3n) is 2.77. The van der Waals surface area contributed by atoms with Crippen LogP contribution in [0.1, 0.15) is 17.2 Å². The summed E-state index contributed by atoms with van der Waals surface area (Å²) >= 11 is 8.76. The minimum absolute atomic E-state index is 0.108. The first-order valence-corrected chi connectivity index (χ1v) is 6.72. The van der Waals surface area contributed by atoms with Crippen LogP contribution < -0.4 is 0 Å². The van der Waals surface area contributed by atoms with Gasteiger partial charge in [0.25, 0.3) is 0 Å². The summed E-state index contributed by atoms with van der Waals surface area (Å²) in [5, 5.41) is 10.3. The Morgan fingerprint density at radius 3 is 2.58 bits per heavy atom. The van der Waals surface area contributed by atoms with Crippen LogP contribution >= 0.6 is 27.5 Å². The van der Waals surface area contributed by atoms with E-state index in [1.54, 1.807) is 12.1 Å². The van der Waals surface area contributed by atoms with Gasteiger partial charge in [-0.05, 0) is 39.7 Å². The molecule has 5 heteroatoms. The maximum Gasteiger partial charge on any atom is 0.137 e. The highest BCUT2D eigenvalue weighted by Gasteiger charge is 2.16. The van der Waals surface area contributed by atoms with Crippen LogP contribution in [-0.4, -0.2) is 5.11 Å². The summed E-state index contributed by atoms with van der Waals surface area (Å²) in [5.74, 6) is -0.992. The Hall–Kier alpha value is -0.970. The van der Waals surface area contributed by atoms with Crippen molar-refractivity contribution in [2.45, 2.75) is 12.5 Å². The highest BCUT2D eigenvalue weighted by Crippen LogP contribution is 2.28. The second-order valence-corrected chi connectivity index (χ2v) is 5.33. The topological polar surface area (TPSA) is 20.2 Å². The normalized spacial score (nSPS) is 12.5. The molecule has 1 atom stereocenters. The molecule has 0 aliphatic heterocycles. The monoisotopic (exact) mass is 346 g/mol. The van der Waals surface area contributed by atoms with Crippen molar-refractivity contribution in [3.63, 3.8) is 0 Å². The Balaban J connectivity index is 2.25. The summed E-state index contributed by atoms with van der Waals surface area (Å²) in [6, 6.07) is 8.59. The van der Waals surface area contributed by atoms with E-state index in [2.05, 4.69) is 15.9 Å². The first-order chi connectivity index (χ1) is 8.99. The third kappa shape index (κ3) is 3.32. The Morgan fingerprint density at radius 1 is 1.16 bits per heavy atom. The van der Waals surface area contributed by atoms with E-state index in [0.29, 0.717) is 5.56 Å². The van der Waals surface area contributed by atoms with E-state index < -0.39 is 17.7 Å².